The number of hydrogen-bond donors (Lipinski definition) is 3. The van der Waals surface area contributed by atoms with Crippen LogP contribution >= 0.6 is 0 Å². The van der Waals surface area contributed by atoms with E-state index in [1.54, 1.807) is 0 Å². The molecule has 2 saturated heterocycles. The summed E-state index contributed by atoms with van der Waals surface area (Å²) in [5, 5.41) is 4.15. The van der Waals surface area contributed by atoms with Crippen molar-refractivity contribution in [1.82, 2.24) is 20.3 Å². The van der Waals surface area contributed by atoms with Gasteiger partial charge in [-0.2, -0.15) is 0 Å². The molecule has 7 heteroatoms. The van der Waals surface area contributed by atoms with Crippen molar-refractivity contribution in [2.45, 2.75) is 19.0 Å². The number of ether oxygens (including phenoxy) is 1. The van der Waals surface area contributed by atoms with Crippen LogP contribution in [0.3, 0.4) is 0 Å². The summed E-state index contributed by atoms with van der Waals surface area (Å²) in [5.41, 5.74) is 8.02. The number of anilines is 1. The van der Waals surface area contributed by atoms with Crippen LogP contribution in [-0.4, -0.2) is 60.8 Å². The molecule has 3 N–H and O–H groups in total. The molecule has 2 aromatic rings. The minimum atomic E-state index is -0.159. The van der Waals surface area contributed by atoms with Crippen molar-refractivity contribution in [2.24, 2.45) is 0 Å². The fraction of sp³-hybridized carbons (Fsp3) is 0.500. The zero-order chi connectivity index (χ0) is 17.1. The highest BCUT2D eigenvalue weighted by molar-refractivity contribution is 5.97. The number of nitrogens with zero attached hydrogens (tertiary/aromatic N) is 2. The third-order valence-corrected chi connectivity index (χ3v) is 4.95. The average Bonchev–Trinajstić information content (AvgIpc) is 3.31. The number of fused-ring (bicyclic) bond motifs is 1. The van der Waals surface area contributed by atoms with Gasteiger partial charge in [0.2, 0.25) is 5.91 Å². The van der Waals surface area contributed by atoms with Gasteiger partial charge in [0.25, 0.3) is 0 Å². The predicted octanol–water partition coefficient (Wildman–Crippen LogP) is 0.779. The second-order valence-corrected chi connectivity index (χ2v) is 6.64. The Morgan fingerprint density at radius 2 is 2.12 bits per heavy atom. The Bertz CT molecular complexity index is 732. The monoisotopic (exact) mass is 343 g/mol. The van der Waals surface area contributed by atoms with E-state index in [4.69, 9.17) is 4.74 Å². The van der Waals surface area contributed by atoms with Gasteiger partial charge in [0.05, 0.1) is 13.2 Å². The van der Waals surface area contributed by atoms with Crippen molar-refractivity contribution in [2.75, 3.05) is 44.7 Å². The Hall–Kier alpha value is -1.93. The van der Waals surface area contributed by atoms with E-state index in [0.717, 1.165) is 63.4 Å². The van der Waals surface area contributed by atoms with Gasteiger partial charge >= 0.3 is 0 Å². The number of carbonyl (C=O) groups excluding carboxylic acids is 1. The SMILES string of the molecule is O=C(Nc1ccc2c(ccn2CCN2CCOCC2)c1)C1CCNN1. The van der Waals surface area contributed by atoms with Crippen molar-refractivity contribution >= 4 is 22.5 Å². The summed E-state index contributed by atoms with van der Waals surface area (Å²) in [5.74, 6) is 0.0103. The number of rotatable bonds is 5. The van der Waals surface area contributed by atoms with Crippen molar-refractivity contribution in [3.8, 4) is 0 Å². The van der Waals surface area contributed by atoms with Crippen LogP contribution in [0, 0.1) is 0 Å². The van der Waals surface area contributed by atoms with Gasteiger partial charge in [0.15, 0.2) is 0 Å². The second kappa shape index (κ2) is 7.53. The molecular weight excluding hydrogens is 318 g/mol. The van der Waals surface area contributed by atoms with Crippen LogP contribution in [0.5, 0.6) is 0 Å². The summed E-state index contributed by atoms with van der Waals surface area (Å²) in [6, 6.07) is 8.06. The van der Waals surface area contributed by atoms with Crippen molar-refractivity contribution < 1.29 is 9.53 Å². The van der Waals surface area contributed by atoms with E-state index in [0.29, 0.717) is 0 Å². The first-order valence-electron chi connectivity index (χ1n) is 8.98. The minimum Gasteiger partial charge on any atom is -0.379 e. The van der Waals surface area contributed by atoms with Crippen LogP contribution in [0.4, 0.5) is 5.69 Å². The Balaban J connectivity index is 1.40. The molecule has 0 spiro atoms. The van der Waals surface area contributed by atoms with Crippen LogP contribution in [-0.2, 0) is 16.1 Å². The van der Waals surface area contributed by atoms with Gasteiger partial charge < -0.3 is 14.6 Å². The Morgan fingerprint density at radius 3 is 2.92 bits per heavy atom. The summed E-state index contributed by atoms with van der Waals surface area (Å²) in [6.07, 6.45) is 2.94. The van der Waals surface area contributed by atoms with Gasteiger partial charge in [-0.05, 0) is 30.7 Å². The molecule has 0 saturated carbocycles. The van der Waals surface area contributed by atoms with Crippen LogP contribution in [0.1, 0.15) is 6.42 Å². The number of carbonyl (C=O) groups is 1. The molecule has 1 amide bonds. The first-order chi connectivity index (χ1) is 12.3. The van der Waals surface area contributed by atoms with E-state index in [9.17, 15) is 4.79 Å². The number of amides is 1. The van der Waals surface area contributed by atoms with E-state index in [1.807, 2.05) is 12.1 Å². The third-order valence-electron chi connectivity index (χ3n) is 4.95. The number of hydrazine groups is 1. The molecule has 2 aliphatic rings. The largest absolute Gasteiger partial charge is 0.379 e. The molecule has 1 unspecified atom stereocenters. The van der Waals surface area contributed by atoms with Gasteiger partial charge in [-0.1, -0.05) is 0 Å². The molecule has 134 valence electrons. The van der Waals surface area contributed by atoms with E-state index in [1.165, 1.54) is 5.52 Å². The fourth-order valence-electron chi connectivity index (χ4n) is 3.46. The minimum absolute atomic E-state index is 0.0103. The number of benzene rings is 1. The van der Waals surface area contributed by atoms with Gasteiger partial charge in [0, 0.05) is 55.5 Å². The fourth-order valence-corrected chi connectivity index (χ4v) is 3.46. The van der Waals surface area contributed by atoms with E-state index in [-0.39, 0.29) is 11.9 Å². The Morgan fingerprint density at radius 1 is 1.24 bits per heavy atom. The smallest absolute Gasteiger partial charge is 0.242 e. The number of aromatic nitrogens is 1. The van der Waals surface area contributed by atoms with Gasteiger partial charge in [-0.3, -0.25) is 15.1 Å². The summed E-state index contributed by atoms with van der Waals surface area (Å²) < 4.78 is 7.67. The van der Waals surface area contributed by atoms with Crippen molar-refractivity contribution in [3.63, 3.8) is 0 Å². The lowest BCUT2D eigenvalue weighted by molar-refractivity contribution is -0.117. The molecular formula is C18H25N5O2. The van der Waals surface area contributed by atoms with E-state index in [2.05, 4.69) is 44.0 Å². The normalized spacial score (nSPS) is 21.7. The lowest BCUT2D eigenvalue weighted by atomic mass is 10.2. The van der Waals surface area contributed by atoms with Crippen LogP contribution in [0.15, 0.2) is 30.5 Å². The van der Waals surface area contributed by atoms with Gasteiger partial charge in [-0.25, -0.2) is 5.43 Å². The molecule has 0 radical (unpaired) electrons. The number of hydrogen-bond acceptors (Lipinski definition) is 5. The number of nitrogens with one attached hydrogen (secondary N) is 3. The van der Waals surface area contributed by atoms with Crippen LogP contribution in [0.2, 0.25) is 0 Å². The Kier molecular flexibility index (Phi) is 4.98. The van der Waals surface area contributed by atoms with Gasteiger partial charge in [-0.15, -0.1) is 0 Å². The summed E-state index contributed by atoms with van der Waals surface area (Å²) in [6.45, 7) is 6.52. The zero-order valence-corrected chi connectivity index (χ0v) is 14.3. The first kappa shape index (κ1) is 16.5. The topological polar surface area (TPSA) is 70.6 Å². The number of morpholine rings is 1. The highest BCUT2D eigenvalue weighted by Gasteiger charge is 2.21. The summed E-state index contributed by atoms with van der Waals surface area (Å²) >= 11 is 0. The molecule has 0 aliphatic carbocycles. The summed E-state index contributed by atoms with van der Waals surface area (Å²) in [7, 11) is 0. The highest BCUT2D eigenvalue weighted by atomic mass is 16.5. The Labute approximate surface area is 147 Å². The maximum absolute atomic E-state index is 12.2. The quantitative estimate of drug-likeness (QED) is 0.748. The van der Waals surface area contributed by atoms with Gasteiger partial charge in [0.1, 0.15) is 6.04 Å². The lowest BCUT2D eigenvalue weighted by Gasteiger charge is -2.26. The highest BCUT2D eigenvalue weighted by Crippen LogP contribution is 2.21. The van der Waals surface area contributed by atoms with E-state index < -0.39 is 0 Å². The summed E-state index contributed by atoms with van der Waals surface area (Å²) in [4.78, 5) is 14.6. The van der Waals surface area contributed by atoms with Crippen molar-refractivity contribution in [3.05, 3.63) is 30.5 Å². The second-order valence-electron chi connectivity index (χ2n) is 6.64. The maximum Gasteiger partial charge on any atom is 0.242 e. The lowest BCUT2D eigenvalue weighted by Crippen LogP contribution is -2.39. The predicted molar refractivity (Wildman–Crippen MR) is 97.4 cm³/mol. The standard InChI is InChI=1S/C18H25N5O2/c24-18(16-3-5-19-21-16)20-15-1-2-17-14(13-15)4-6-23(17)8-7-22-9-11-25-12-10-22/h1-2,4,6,13,16,19,21H,3,5,7-12H2,(H,20,24). The van der Waals surface area contributed by atoms with Crippen molar-refractivity contribution in [1.29, 1.82) is 0 Å². The third kappa shape index (κ3) is 3.85. The van der Waals surface area contributed by atoms with E-state index >= 15 is 0 Å². The molecule has 1 aromatic heterocycles. The molecule has 2 fully saturated rings. The van der Waals surface area contributed by atoms with Crippen LogP contribution in [0.25, 0.3) is 10.9 Å². The average molecular weight is 343 g/mol. The molecule has 7 nitrogen and oxygen atoms in total. The molecule has 3 heterocycles. The maximum atomic E-state index is 12.2. The molecule has 2 aliphatic heterocycles. The molecule has 4 rings (SSSR count). The molecule has 0 bridgehead atoms. The molecule has 1 aromatic carbocycles. The first-order valence-corrected chi connectivity index (χ1v) is 8.98. The zero-order valence-electron chi connectivity index (χ0n) is 14.3. The molecule has 25 heavy (non-hydrogen) atoms. The van der Waals surface area contributed by atoms with Crippen LogP contribution < -0.4 is 16.2 Å². The molecule has 1 atom stereocenters.